The molecule has 3 aliphatic rings. The number of carbonyl (C=O) groups is 4. The molecule has 8 nitrogen and oxygen atoms in total. The molecule has 0 radical (unpaired) electrons. The number of urea groups is 1. The molecule has 1 aliphatic heterocycles. The zero-order valence-corrected chi connectivity index (χ0v) is 13.7. The van der Waals surface area contributed by atoms with E-state index in [2.05, 4.69) is 16.0 Å². The molecule has 3 rings (SSSR count). The average Bonchev–Trinajstić information content (AvgIpc) is 3.17. The van der Waals surface area contributed by atoms with Crippen LogP contribution < -0.4 is 16.0 Å². The second kappa shape index (κ2) is 6.78. The number of imide groups is 1. The summed E-state index contributed by atoms with van der Waals surface area (Å²) in [5, 5.41) is 8.16. The summed E-state index contributed by atoms with van der Waals surface area (Å²) in [4.78, 5) is 48.9. The van der Waals surface area contributed by atoms with Gasteiger partial charge in [-0.2, -0.15) is 0 Å². The van der Waals surface area contributed by atoms with Gasteiger partial charge in [0.25, 0.3) is 5.91 Å². The average molecular weight is 336 g/mol. The number of carbonyl (C=O) groups excluding carboxylic acids is 4. The van der Waals surface area contributed by atoms with Gasteiger partial charge in [0.05, 0.1) is 6.54 Å². The molecule has 0 aromatic rings. The number of rotatable bonds is 7. The summed E-state index contributed by atoms with van der Waals surface area (Å²) in [6.45, 7) is 0.204. The van der Waals surface area contributed by atoms with E-state index in [-0.39, 0.29) is 49.3 Å². The number of amides is 5. The second-order valence-corrected chi connectivity index (χ2v) is 6.90. The van der Waals surface area contributed by atoms with Crippen molar-refractivity contribution in [2.75, 3.05) is 13.1 Å². The first-order valence-electron chi connectivity index (χ1n) is 8.70. The van der Waals surface area contributed by atoms with E-state index in [1.807, 2.05) is 0 Å². The second-order valence-electron chi connectivity index (χ2n) is 6.90. The Labute approximate surface area is 140 Å². The quantitative estimate of drug-likeness (QED) is 0.570. The number of hydrogen-bond acceptors (Lipinski definition) is 4. The highest BCUT2D eigenvalue weighted by atomic mass is 16.2. The van der Waals surface area contributed by atoms with Crippen LogP contribution in [0.4, 0.5) is 4.79 Å². The SMILES string of the molecule is O=C(CCCN1C(=O)NC2(CCCC2)C1=O)NCC(=O)NC1CC1. The van der Waals surface area contributed by atoms with E-state index >= 15 is 0 Å². The van der Waals surface area contributed by atoms with Crippen molar-refractivity contribution in [2.24, 2.45) is 0 Å². The number of nitrogens with zero attached hydrogens (tertiary/aromatic N) is 1. The van der Waals surface area contributed by atoms with Crippen LogP contribution in [0.1, 0.15) is 51.4 Å². The van der Waals surface area contributed by atoms with Gasteiger partial charge in [0.1, 0.15) is 5.54 Å². The highest BCUT2D eigenvalue weighted by Gasteiger charge is 2.51. The summed E-state index contributed by atoms with van der Waals surface area (Å²) < 4.78 is 0. The van der Waals surface area contributed by atoms with Crippen LogP contribution in [0.3, 0.4) is 0 Å². The van der Waals surface area contributed by atoms with Crippen molar-refractivity contribution in [1.29, 1.82) is 0 Å². The molecular weight excluding hydrogens is 312 g/mol. The van der Waals surface area contributed by atoms with Crippen molar-refractivity contribution in [3.8, 4) is 0 Å². The van der Waals surface area contributed by atoms with Crippen molar-refractivity contribution < 1.29 is 19.2 Å². The lowest BCUT2D eigenvalue weighted by Crippen LogP contribution is -2.44. The van der Waals surface area contributed by atoms with E-state index in [0.29, 0.717) is 19.3 Å². The van der Waals surface area contributed by atoms with Gasteiger partial charge in [0, 0.05) is 19.0 Å². The third-order valence-electron chi connectivity index (χ3n) is 4.88. The molecule has 24 heavy (non-hydrogen) atoms. The van der Waals surface area contributed by atoms with E-state index in [9.17, 15) is 19.2 Å². The van der Waals surface area contributed by atoms with E-state index in [4.69, 9.17) is 0 Å². The summed E-state index contributed by atoms with van der Waals surface area (Å²) in [7, 11) is 0. The fourth-order valence-corrected chi connectivity index (χ4v) is 3.37. The maximum Gasteiger partial charge on any atom is 0.325 e. The molecule has 3 fully saturated rings. The Kier molecular flexibility index (Phi) is 4.73. The minimum Gasteiger partial charge on any atom is -0.352 e. The summed E-state index contributed by atoms with van der Waals surface area (Å²) in [6.07, 6.45) is 5.89. The zero-order chi connectivity index (χ0) is 17.2. The van der Waals surface area contributed by atoms with Gasteiger partial charge in [0.15, 0.2) is 0 Å². The van der Waals surface area contributed by atoms with Gasteiger partial charge >= 0.3 is 6.03 Å². The third-order valence-corrected chi connectivity index (χ3v) is 4.88. The highest BCUT2D eigenvalue weighted by molar-refractivity contribution is 6.07. The first kappa shape index (κ1) is 16.7. The minimum atomic E-state index is -0.694. The van der Waals surface area contributed by atoms with Crippen molar-refractivity contribution in [3.63, 3.8) is 0 Å². The standard InChI is InChI=1S/C16H24N4O4/c21-12(17-10-13(22)18-11-5-6-11)4-3-9-20-14(23)16(19-15(20)24)7-1-2-8-16/h11H,1-10H2,(H,17,21)(H,18,22)(H,19,24). The van der Waals surface area contributed by atoms with E-state index in [1.165, 1.54) is 4.90 Å². The smallest absolute Gasteiger partial charge is 0.325 e. The molecular formula is C16H24N4O4. The third kappa shape index (κ3) is 3.68. The topological polar surface area (TPSA) is 108 Å². The molecule has 0 atom stereocenters. The molecule has 8 heteroatoms. The fraction of sp³-hybridized carbons (Fsp3) is 0.750. The normalized spacial score (nSPS) is 21.9. The van der Waals surface area contributed by atoms with Crippen LogP contribution in [-0.2, 0) is 14.4 Å². The summed E-state index contributed by atoms with van der Waals surface area (Å²) in [6, 6.07) is -0.0804. The summed E-state index contributed by atoms with van der Waals surface area (Å²) >= 11 is 0. The monoisotopic (exact) mass is 336 g/mol. The highest BCUT2D eigenvalue weighted by Crippen LogP contribution is 2.35. The Morgan fingerprint density at radius 2 is 1.88 bits per heavy atom. The van der Waals surface area contributed by atoms with Gasteiger partial charge in [0.2, 0.25) is 11.8 Å². The molecule has 0 aromatic carbocycles. The maximum absolute atomic E-state index is 12.4. The Balaban J connectivity index is 1.36. The van der Waals surface area contributed by atoms with Crippen LogP contribution in [-0.4, -0.2) is 53.3 Å². The molecule has 0 aromatic heterocycles. The Bertz CT molecular complexity index is 552. The maximum atomic E-state index is 12.4. The molecule has 2 aliphatic carbocycles. The van der Waals surface area contributed by atoms with Gasteiger partial charge in [-0.25, -0.2) is 4.79 Å². The van der Waals surface area contributed by atoms with Crippen LogP contribution >= 0.6 is 0 Å². The number of nitrogens with one attached hydrogen (secondary N) is 3. The Hall–Kier alpha value is -2.12. The van der Waals surface area contributed by atoms with Crippen molar-refractivity contribution in [1.82, 2.24) is 20.9 Å². The summed E-state index contributed by atoms with van der Waals surface area (Å²) in [5.41, 5.74) is -0.694. The van der Waals surface area contributed by atoms with Crippen LogP contribution in [0.2, 0.25) is 0 Å². The number of hydrogen-bond donors (Lipinski definition) is 3. The molecule has 1 heterocycles. The van der Waals surface area contributed by atoms with Crippen molar-refractivity contribution in [2.45, 2.75) is 62.9 Å². The van der Waals surface area contributed by atoms with Gasteiger partial charge in [-0.3, -0.25) is 19.3 Å². The molecule has 1 spiro atoms. The molecule has 0 bridgehead atoms. The van der Waals surface area contributed by atoms with E-state index in [0.717, 1.165) is 25.7 Å². The predicted octanol–water partition coefficient (Wildman–Crippen LogP) is 0.0260. The molecule has 1 saturated heterocycles. The van der Waals surface area contributed by atoms with Gasteiger partial charge in [-0.15, -0.1) is 0 Å². The first-order valence-corrected chi connectivity index (χ1v) is 8.70. The van der Waals surface area contributed by atoms with E-state index < -0.39 is 5.54 Å². The minimum absolute atomic E-state index is 0.0262. The molecule has 0 unspecified atom stereocenters. The van der Waals surface area contributed by atoms with Crippen molar-refractivity contribution >= 4 is 23.8 Å². The Morgan fingerprint density at radius 3 is 2.54 bits per heavy atom. The lowest BCUT2D eigenvalue weighted by atomic mass is 9.98. The molecule has 5 amide bonds. The zero-order valence-electron chi connectivity index (χ0n) is 13.7. The fourth-order valence-electron chi connectivity index (χ4n) is 3.37. The molecule has 2 saturated carbocycles. The van der Waals surface area contributed by atoms with Gasteiger partial charge in [-0.1, -0.05) is 12.8 Å². The lowest BCUT2D eigenvalue weighted by molar-refractivity contribution is -0.131. The first-order chi connectivity index (χ1) is 11.5. The van der Waals surface area contributed by atoms with Crippen molar-refractivity contribution in [3.05, 3.63) is 0 Å². The van der Waals surface area contributed by atoms with Gasteiger partial charge < -0.3 is 16.0 Å². The molecule has 3 N–H and O–H groups in total. The predicted molar refractivity (Wildman–Crippen MR) is 84.9 cm³/mol. The largest absolute Gasteiger partial charge is 0.352 e. The van der Waals surface area contributed by atoms with Crippen LogP contribution in [0.25, 0.3) is 0 Å². The van der Waals surface area contributed by atoms with E-state index in [1.54, 1.807) is 0 Å². The summed E-state index contributed by atoms with van der Waals surface area (Å²) in [5.74, 6) is -0.582. The van der Waals surface area contributed by atoms with Gasteiger partial charge in [-0.05, 0) is 32.1 Å². The van der Waals surface area contributed by atoms with Crippen LogP contribution in [0.15, 0.2) is 0 Å². The van der Waals surface area contributed by atoms with Crippen LogP contribution in [0, 0.1) is 0 Å². The van der Waals surface area contributed by atoms with Crippen LogP contribution in [0.5, 0.6) is 0 Å². The molecule has 132 valence electrons. The Morgan fingerprint density at radius 1 is 1.17 bits per heavy atom. The lowest BCUT2D eigenvalue weighted by Gasteiger charge is -2.19.